The lowest BCUT2D eigenvalue weighted by Crippen LogP contribution is -2.39. The third-order valence-electron chi connectivity index (χ3n) is 7.27. The fourth-order valence-corrected chi connectivity index (χ4v) is 5.59. The number of amides is 1. The number of nitrogens with zero attached hydrogens (tertiary/aromatic N) is 4. The van der Waals surface area contributed by atoms with Gasteiger partial charge in [-0.1, -0.05) is 54.7 Å². The van der Waals surface area contributed by atoms with Gasteiger partial charge in [-0.3, -0.25) is 9.20 Å². The van der Waals surface area contributed by atoms with Gasteiger partial charge < -0.3 is 15.6 Å². The number of hydrogen-bond donors (Lipinski definition) is 2. The Labute approximate surface area is 220 Å². The van der Waals surface area contributed by atoms with E-state index in [1.807, 2.05) is 41.4 Å². The minimum Gasteiger partial charge on any atom is -0.382 e. The summed E-state index contributed by atoms with van der Waals surface area (Å²) in [5.41, 5.74) is 12.1. The second kappa shape index (κ2) is 9.78. The van der Waals surface area contributed by atoms with Gasteiger partial charge in [0.15, 0.2) is 0 Å². The number of piperidine rings is 1. The van der Waals surface area contributed by atoms with Crippen LogP contribution in [0.4, 0.5) is 5.82 Å². The van der Waals surface area contributed by atoms with Crippen molar-refractivity contribution in [3.8, 4) is 11.4 Å². The number of rotatable bonds is 6. The van der Waals surface area contributed by atoms with Crippen molar-refractivity contribution in [3.63, 3.8) is 0 Å². The van der Waals surface area contributed by atoms with Crippen molar-refractivity contribution >= 4 is 45.7 Å². The molecule has 7 nitrogen and oxygen atoms in total. The Bertz CT molecular complexity index is 1580. The van der Waals surface area contributed by atoms with Crippen molar-refractivity contribution < 1.29 is 4.79 Å². The summed E-state index contributed by atoms with van der Waals surface area (Å²) in [5, 5.41) is 2.85. The van der Waals surface area contributed by atoms with Gasteiger partial charge in [-0.15, -0.1) is 0 Å². The number of anilines is 1. The summed E-state index contributed by atoms with van der Waals surface area (Å²) in [6, 6.07) is 18.4. The van der Waals surface area contributed by atoms with E-state index in [2.05, 4.69) is 38.6 Å². The molecule has 0 saturated carbocycles. The molecule has 1 aliphatic rings. The fraction of sp³-hybridized carbons (Fsp3) is 0.241. The number of H-pyrrole nitrogens is 1. The molecule has 1 aliphatic heterocycles. The number of thiocarbonyl (C=S) groups is 1. The molecular formula is C29H28N6OS. The van der Waals surface area contributed by atoms with E-state index in [0.717, 1.165) is 64.0 Å². The van der Waals surface area contributed by atoms with Crippen LogP contribution in [0.1, 0.15) is 35.7 Å². The average Bonchev–Trinajstić information content (AvgIpc) is 3.52. The van der Waals surface area contributed by atoms with Crippen LogP contribution in [-0.2, 0) is 17.6 Å². The van der Waals surface area contributed by atoms with Crippen molar-refractivity contribution in [2.24, 2.45) is 0 Å². The number of carbonyl (C=O) groups excluding carboxylic acids is 1. The second-order valence-electron chi connectivity index (χ2n) is 9.64. The molecule has 0 unspecified atom stereocenters. The summed E-state index contributed by atoms with van der Waals surface area (Å²) in [4.78, 5) is 28.0. The molecule has 3 aromatic heterocycles. The molecule has 2 aromatic carbocycles. The molecule has 1 fully saturated rings. The molecule has 0 radical (unpaired) electrons. The van der Waals surface area contributed by atoms with Crippen LogP contribution in [0.3, 0.4) is 0 Å². The number of benzene rings is 2. The van der Waals surface area contributed by atoms with Crippen LogP contribution in [0.25, 0.3) is 27.8 Å². The standard InChI is InChI=1S/C29H28N6OS/c30-28-27-26(24-18-22-6-1-2-7-23(22)32-24)33-29(35(27)14-11-31-28)21-8-12-34(13-9-21)25(36)17-20-5-3-4-19(16-20)10-15-37/h1-7,11,14-16,18,21,32H,8-10,12-13,17H2,(H2,30,31). The predicted octanol–water partition coefficient (Wildman–Crippen LogP) is 4.95. The molecular weight excluding hydrogens is 480 g/mol. The summed E-state index contributed by atoms with van der Waals surface area (Å²) < 4.78 is 2.08. The van der Waals surface area contributed by atoms with Gasteiger partial charge in [0.2, 0.25) is 5.91 Å². The van der Waals surface area contributed by atoms with E-state index in [9.17, 15) is 4.79 Å². The molecule has 6 rings (SSSR count). The monoisotopic (exact) mass is 508 g/mol. The number of likely N-dealkylation sites (tertiary alicyclic amines) is 1. The molecule has 5 aromatic rings. The van der Waals surface area contributed by atoms with Crippen LogP contribution < -0.4 is 5.73 Å². The van der Waals surface area contributed by atoms with Gasteiger partial charge >= 0.3 is 0 Å². The Morgan fingerprint density at radius 2 is 1.92 bits per heavy atom. The molecule has 37 heavy (non-hydrogen) atoms. The van der Waals surface area contributed by atoms with E-state index in [-0.39, 0.29) is 11.8 Å². The normalized spacial score (nSPS) is 14.4. The highest BCUT2D eigenvalue weighted by atomic mass is 32.1. The quantitative estimate of drug-likeness (QED) is 0.317. The van der Waals surface area contributed by atoms with Gasteiger partial charge in [0, 0.05) is 48.7 Å². The number of imidazole rings is 1. The van der Waals surface area contributed by atoms with Gasteiger partial charge in [0.05, 0.1) is 12.1 Å². The molecule has 8 heteroatoms. The first kappa shape index (κ1) is 23.4. The van der Waals surface area contributed by atoms with Gasteiger partial charge in [0.1, 0.15) is 22.9 Å². The number of carbonyl (C=O) groups is 1. The highest BCUT2D eigenvalue weighted by molar-refractivity contribution is 7.79. The summed E-state index contributed by atoms with van der Waals surface area (Å²) in [6.45, 7) is 1.42. The maximum Gasteiger partial charge on any atom is 0.226 e. The number of para-hydroxylation sites is 1. The molecule has 0 aliphatic carbocycles. The molecule has 3 N–H and O–H groups in total. The van der Waals surface area contributed by atoms with Crippen LogP contribution in [0.15, 0.2) is 67.0 Å². The number of nitrogens with one attached hydrogen (secondary N) is 1. The smallest absolute Gasteiger partial charge is 0.226 e. The number of hydrogen-bond acceptors (Lipinski definition) is 5. The van der Waals surface area contributed by atoms with E-state index in [0.29, 0.717) is 25.3 Å². The highest BCUT2D eigenvalue weighted by Crippen LogP contribution is 2.35. The fourth-order valence-electron chi connectivity index (χ4n) is 5.40. The van der Waals surface area contributed by atoms with Gasteiger partial charge in [-0.2, -0.15) is 0 Å². The lowest BCUT2D eigenvalue weighted by atomic mass is 9.95. The Morgan fingerprint density at radius 3 is 2.73 bits per heavy atom. The average molecular weight is 509 g/mol. The van der Waals surface area contributed by atoms with Crippen LogP contribution >= 0.6 is 12.2 Å². The topological polar surface area (TPSA) is 92.3 Å². The molecule has 1 saturated heterocycles. The van der Waals surface area contributed by atoms with Crippen molar-refractivity contribution in [1.82, 2.24) is 24.3 Å². The summed E-state index contributed by atoms with van der Waals surface area (Å²) >= 11 is 4.98. The zero-order valence-corrected chi connectivity index (χ0v) is 21.2. The maximum atomic E-state index is 13.1. The first-order valence-corrected chi connectivity index (χ1v) is 13.1. The van der Waals surface area contributed by atoms with E-state index in [1.54, 1.807) is 11.6 Å². The van der Waals surface area contributed by atoms with Crippen LogP contribution in [0.5, 0.6) is 0 Å². The number of aromatic amines is 1. The lowest BCUT2D eigenvalue weighted by Gasteiger charge is -2.31. The zero-order chi connectivity index (χ0) is 25.4. The SMILES string of the molecule is Nc1nccn2c(C3CCN(C(=O)Cc4cccc(CC=S)c4)CC3)nc(-c3cc4ccccc4[nH]3)c12. The summed E-state index contributed by atoms with van der Waals surface area (Å²) in [7, 11) is 0. The largest absolute Gasteiger partial charge is 0.382 e. The van der Waals surface area contributed by atoms with Crippen molar-refractivity contribution in [2.45, 2.75) is 31.6 Å². The first-order valence-electron chi connectivity index (χ1n) is 12.6. The Balaban J connectivity index is 1.23. The van der Waals surface area contributed by atoms with E-state index in [4.69, 9.17) is 22.9 Å². The molecule has 0 bridgehead atoms. The zero-order valence-electron chi connectivity index (χ0n) is 20.4. The lowest BCUT2D eigenvalue weighted by molar-refractivity contribution is -0.131. The molecule has 1 amide bonds. The second-order valence-corrected chi connectivity index (χ2v) is 9.98. The van der Waals surface area contributed by atoms with E-state index in [1.165, 1.54) is 0 Å². The van der Waals surface area contributed by atoms with Gasteiger partial charge in [-0.05, 0) is 41.5 Å². The van der Waals surface area contributed by atoms with Crippen LogP contribution in [0, 0.1) is 0 Å². The molecule has 0 atom stereocenters. The van der Waals surface area contributed by atoms with Crippen molar-refractivity contribution in [1.29, 1.82) is 0 Å². The van der Waals surface area contributed by atoms with Gasteiger partial charge in [-0.25, -0.2) is 9.97 Å². The minimum atomic E-state index is 0.165. The Kier molecular flexibility index (Phi) is 6.18. The van der Waals surface area contributed by atoms with Crippen LogP contribution in [-0.4, -0.2) is 48.6 Å². The number of nitrogen functional groups attached to an aromatic ring is 1. The van der Waals surface area contributed by atoms with E-state index < -0.39 is 0 Å². The molecule has 4 heterocycles. The Hall–Kier alpha value is -4.04. The van der Waals surface area contributed by atoms with E-state index >= 15 is 0 Å². The molecule has 186 valence electrons. The van der Waals surface area contributed by atoms with Crippen molar-refractivity contribution in [3.05, 3.63) is 83.9 Å². The Morgan fingerprint density at radius 1 is 1.11 bits per heavy atom. The van der Waals surface area contributed by atoms with Gasteiger partial charge in [0.25, 0.3) is 0 Å². The van der Waals surface area contributed by atoms with Crippen molar-refractivity contribution in [2.75, 3.05) is 18.8 Å². The number of fused-ring (bicyclic) bond motifs is 2. The summed E-state index contributed by atoms with van der Waals surface area (Å²) in [5.74, 6) is 1.82. The molecule has 0 spiro atoms. The predicted molar refractivity (Wildman–Crippen MR) is 151 cm³/mol. The third kappa shape index (κ3) is 4.49. The highest BCUT2D eigenvalue weighted by Gasteiger charge is 2.28. The van der Waals surface area contributed by atoms with Crippen LogP contribution in [0.2, 0.25) is 0 Å². The minimum absolute atomic E-state index is 0.165. The third-order valence-corrected chi connectivity index (χ3v) is 7.44. The summed E-state index contributed by atoms with van der Waals surface area (Å²) in [6.07, 6.45) is 6.51. The first-order chi connectivity index (χ1) is 18.1. The maximum absolute atomic E-state index is 13.1. The number of nitrogens with two attached hydrogens (primary N) is 1. The number of aromatic nitrogens is 4.